The Labute approximate surface area is 112 Å². The van der Waals surface area contributed by atoms with E-state index in [2.05, 4.69) is 39.6 Å². The molecule has 3 heteroatoms. The summed E-state index contributed by atoms with van der Waals surface area (Å²) in [4.78, 5) is 12.1. The second-order valence-corrected chi connectivity index (χ2v) is 12.1. The lowest BCUT2D eigenvalue weighted by atomic mass is 9.65. The zero-order valence-corrected chi connectivity index (χ0v) is 13.4. The summed E-state index contributed by atoms with van der Waals surface area (Å²) in [6, 6.07) is 0. The summed E-state index contributed by atoms with van der Waals surface area (Å²) in [5.74, 6) is 0.120. The predicted octanol–water partition coefficient (Wildman–Crippen LogP) is 3.93. The van der Waals surface area contributed by atoms with Crippen LogP contribution in [0.2, 0.25) is 19.6 Å². The van der Waals surface area contributed by atoms with E-state index in [1.807, 2.05) is 0 Å². The van der Waals surface area contributed by atoms with E-state index in [4.69, 9.17) is 4.74 Å². The summed E-state index contributed by atoms with van der Waals surface area (Å²) in [5, 5.41) is 1.41. The van der Waals surface area contributed by atoms with Gasteiger partial charge >= 0.3 is 5.97 Å². The Hall–Kier alpha value is -0.573. The van der Waals surface area contributed by atoms with Crippen LogP contribution >= 0.6 is 0 Å². The standard InChI is InChI=1S/C15H26O2Si/c1-6-7-8-9-12-15(2)10-11(18(3,4)5)13(15)14(16)17-12/h10,12-13H,6-9H2,1-5H3/t12-,13-,15+/m1/s1. The highest BCUT2D eigenvalue weighted by atomic mass is 28.3. The molecule has 2 nitrogen and oxygen atoms in total. The van der Waals surface area contributed by atoms with E-state index >= 15 is 0 Å². The molecule has 18 heavy (non-hydrogen) atoms. The van der Waals surface area contributed by atoms with Crippen LogP contribution in [-0.4, -0.2) is 20.1 Å². The van der Waals surface area contributed by atoms with Crippen molar-refractivity contribution < 1.29 is 9.53 Å². The van der Waals surface area contributed by atoms with Crippen LogP contribution in [0.25, 0.3) is 0 Å². The number of carbonyl (C=O) groups excluding carboxylic acids is 1. The average molecular weight is 266 g/mol. The van der Waals surface area contributed by atoms with Gasteiger partial charge in [-0.15, -0.1) is 0 Å². The summed E-state index contributed by atoms with van der Waals surface area (Å²) in [6.45, 7) is 11.4. The third kappa shape index (κ3) is 2.07. The zero-order chi connectivity index (χ0) is 13.6. The fourth-order valence-electron chi connectivity index (χ4n) is 3.33. The van der Waals surface area contributed by atoms with Crippen LogP contribution in [0, 0.1) is 11.3 Å². The summed E-state index contributed by atoms with van der Waals surface area (Å²) < 4.78 is 5.65. The first-order valence-corrected chi connectivity index (χ1v) is 10.7. The second kappa shape index (κ2) is 4.51. The Kier molecular flexibility index (Phi) is 3.47. The van der Waals surface area contributed by atoms with Gasteiger partial charge in [-0.2, -0.15) is 0 Å². The molecular formula is C15H26O2Si. The van der Waals surface area contributed by atoms with Crippen LogP contribution in [-0.2, 0) is 9.53 Å². The minimum Gasteiger partial charge on any atom is -0.461 e. The average Bonchev–Trinajstić information content (AvgIpc) is 2.38. The molecule has 1 fully saturated rings. The Morgan fingerprint density at radius 3 is 2.56 bits per heavy atom. The molecule has 3 atom stereocenters. The van der Waals surface area contributed by atoms with Gasteiger partial charge in [-0.3, -0.25) is 4.79 Å². The molecular weight excluding hydrogens is 240 g/mol. The molecule has 0 aromatic carbocycles. The number of ether oxygens (including phenoxy) is 1. The van der Waals surface area contributed by atoms with Crippen LogP contribution in [0.3, 0.4) is 0 Å². The van der Waals surface area contributed by atoms with Gasteiger partial charge < -0.3 is 4.74 Å². The van der Waals surface area contributed by atoms with Crippen molar-refractivity contribution in [3.8, 4) is 0 Å². The van der Waals surface area contributed by atoms with E-state index in [1.54, 1.807) is 0 Å². The monoisotopic (exact) mass is 266 g/mol. The van der Waals surface area contributed by atoms with Crippen molar-refractivity contribution >= 4 is 14.0 Å². The van der Waals surface area contributed by atoms with Gasteiger partial charge in [0, 0.05) is 5.41 Å². The van der Waals surface area contributed by atoms with Gasteiger partial charge in [0.2, 0.25) is 0 Å². The molecule has 0 aromatic heterocycles. The molecule has 2 aliphatic rings. The number of cyclic esters (lactones) is 1. The van der Waals surface area contributed by atoms with E-state index < -0.39 is 8.07 Å². The third-order valence-corrected chi connectivity index (χ3v) is 6.69. The molecule has 0 amide bonds. The van der Waals surface area contributed by atoms with Crippen LogP contribution < -0.4 is 0 Å². The van der Waals surface area contributed by atoms with Gasteiger partial charge in [0.15, 0.2) is 0 Å². The van der Waals surface area contributed by atoms with Crippen LogP contribution in [0.15, 0.2) is 11.3 Å². The number of carbonyl (C=O) groups is 1. The van der Waals surface area contributed by atoms with Crippen molar-refractivity contribution in [2.24, 2.45) is 11.3 Å². The zero-order valence-electron chi connectivity index (χ0n) is 12.4. The number of esters is 1. The van der Waals surface area contributed by atoms with Crippen molar-refractivity contribution in [1.82, 2.24) is 0 Å². The number of unbranched alkanes of at least 4 members (excludes halogenated alkanes) is 2. The number of rotatable bonds is 5. The minimum absolute atomic E-state index is 0.000435. The molecule has 0 aromatic rings. The quantitative estimate of drug-likeness (QED) is 0.428. The molecule has 1 aliphatic carbocycles. The summed E-state index contributed by atoms with van der Waals surface area (Å²) in [5.41, 5.74) is 0.000435. The van der Waals surface area contributed by atoms with Crippen molar-refractivity contribution in [1.29, 1.82) is 0 Å². The van der Waals surface area contributed by atoms with Crippen LogP contribution in [0.4, 0.5) is 0 Å². The van der Waals surface area contributed by atoms with Crippen molar-refractivity contribution in [3.05, 3.63) is 11.3 Å². The Bertz CT molecular complexity index is 380. The van der Waals surface area contributed by atoms with Gasteiger partial charge in [0.05, 0.1) is 14.0 Å². The molecule has 1 aliphatic heterocycles. The first-order valence-electron chi connectivity index (χ1n) is 7.24. The first kappa shape index (κ1) is 13.8. The summed E-state index contributed by atoms with van der Waals surface area (Å²) >= 11 is 0. The summed E-state index contributed by atoms with van der Waals surface area (Å²) in [7, 11) is -1.36. The maximum Gasteiger partial charge on any atom is 0.314 e. The van der Waals surface area contributed by atoms with Crippen LogP contribution in [0.1, 0.15) is 39.5 Å². The largest absolute Gasteiger partial charge is 0.461 e. The lowest BCUT2D eigenvalue weighted by Crippen LogP contribution is -2.48. The molecule has 1 heterocycles. The smallest absolute Gasteiger partial charge is 0.314 e. The van der Waals surface area contributed by atoms with Gasteiger partial charge in [-0.1, -0.05) is 57.6 Å². The third-order valence-electron chi connectivity index (χ3n) is 4.52. The van der Waals surface area contributed by atoms with Crippen molar-refractivity contribution in [3.63, 3.8) is 0 Å². The molecule has 0 spiro atoms. The van der Waals surface area contributed by atoms with Crippen molar-refractivity contribution in [2.45, 2.75) is 65.3 Å². The fraction of sp³-hybridized carbons (Fsp3) is 0.800. The lowest BCUT2D eigenvalue weighted by Gasteiger charge is -2.44. The fourth-order valence-corrected chi connectivity index (χ4v) is 5.37. The van der Waals surface area contributed by atoms with E-state index in [0.717, 1.165) is 6.42 Å². The van der Waals surface area contributed by atoms with Gasteiger partial charge in [-0.05, 0) is 12.8 Å². The van der Waals surface area contributed by atoms with E-state index in [9.17, 15) is 4.79 Å². The van der Waals surface area contributed by atoms with Crippen LogP contribution in [0.5, 0.6) is 0 Å². The molecule has 102 valence electrons. The first-order chi connectivity index (χ1) is 8.30. The van der Waals surface area contributed by atoms with Gasteiger partial charge in [0.25, 0.3) is 0 Å². The molecule has 0 bridgehead atoms. The van der Waals surface area contributed by atoms with E-state index in [-0.39, 0.29) is 23.4 Å². The topological polar surface area (TPSA) is 26.3 Å². The molecule has 0 radical (unpaired) electrons. The normalized spacial score (nSPS) is 34.7. The SMILES string of the molecule is CCCCC[C@H]1OC(=O)[C@H]2C([Si](C)(C)C)=C[C@]21C. The number of fused-ring (bicyclic) bond motifs is 1. The highest BCUT2D eigenvalue weighted by Crippen LogP contribution is 2.57. The maximum atomic E-state index is 12.1. The molecule has 2 rings (SSSR count). The van der Waals surface area contributed by atoms with E-state index in [1.165, 1.54) is 24.5 Å². The number of hydrogen-bond acceptors (Lipinski definition) is 2. The van der Waals surface area contributed by atoms with E-state index in [0.29, 0.717) is 0 Å². The summed E-state index contributed by atoms with van der Waals surface area (Å²) in [6.07, 6.45) is 7.15. The Balaban J connectivity index is 2.12. The molecule has 0 N–H and O–H groups in total. The predicted molar refractivity (Wildman–Crippen MR) is 77.0 cm³/mol. The van der Waals surface area contributed by atoms with Crippen molar-refractivity contribution in [2.75, 3.05) is 0 Å². The van der Waals surface area contributed by atoms with Gasteiger partial charge in [0.1, 0.15) is 6.10 Å². The molecule has 0 saturated carbocycles. The highest BCUT2D eigenvalue weighted by molar-refractivity contribution is 6.83. The Morgan fingerprint density at radius 1 is 1.33 bits per heavy atom. The minimum atomic E-state index is -1.36. The highest BCUT2D eigenvalue weighted by Gasteiger charge is 2.61. The number of hydrogen-bond donors (Lipinski definition) is 0. The molecule has 1 saturated heterocycles. The Morgan fingerprint density at radius 2 is 2.00 bits per heavy atom. The molecule has 0 unspecified atom stereocenters. The van der Waals surface area contributed by atoms with Gasteiger partial charge in [-0.25, -0.2) is 0 Å². The lowest BCUT2D eigenvalue weighted by molar-refractivity contribution is -0.143. The maximum absolute atomic E-state index is 12.1. The second-order valence-electron chi connectivity index (χ2n) is 7.07.